The minimum atomic E-state index is -0.259. The van der Waals surface area contributed by atoms with Crippen molar-refractivity contribution >= 4 is 11.6 Å². The van der Waals surface area contributed by atoms with Crippen LogP contribution in [0.1, 0.15) is 0 Å². The summed E-state index contributed by atoms with van der Waals surface area (Å²) < 4.78 is 4.78. The van der Waals surface area contributed by atoms with Gasteiger partial charge in [-0.05, 0) is 12.2 Å². The van der Waals surface area contributed by atoms with Crippen LogP contribution in [-0.2, 0) is 4.74 Å². The van der Waals surface area contributed by atoms with Gasteiger partial charge in [0.1, 0.15) is 0 Å². The van der Waals surface area contributed by atoms with Gasteiger partial charge in [-0.25, -0.2) is 0 Å². The second-order valence-corrected chi connectivity index (χ2v) is 1.63. The molecule has 2 heteroatoms. The lowest BCUT2D eigenvalue weighted by atomic mass is 10.4. The van der Waals surface area contributed by atoms with E-state index in [9.17, 15) is 0 Å². The van der Waals surface area contributed by atoms with Gasteiger partial charge in [0.2, 0.25) is 0 Å². The van der Waals surface area contributed by atoms with E-state index in [4.69, 9.17) is 16.3 Å². The summed E-state index contributed by atoms with van der Waals surface area (Å²) in [6.07, 6.45) is 6.97. The highest BCUT2D eigenvalue weighted by Crippen LogP contribution is 2.04. The molecule has 1 aliphatic heterocycles. The van der Waals surface area contributed by atoms with Crippen LogP contribution in [0.5, 0.6) is 0 Å². The monoisotopic (exact) mass is 116 g/mol. The van der Waals surface area contributed by atoms with E-state index < -0.39 is 0 Å². The van der Waals surface area contributed by atoms with E-state index in [2.05, 4.69) is 0 Å². The van der Waals surface area contributed by atoms with Crippen LogP contribution < -0.4 is 0 Å². The van der Waals surface area contributed by atoms with Crippen molar-refractivity contribution in [3.8, 4) is 0 Å². The minimum absolute atomic E-state index is 0.259. The third kappa shape index (κ3) is 1.24. The van der Waals surface area contributed by atoms with E-state index >= 15 is 0 Å². The van der Waals surface area contributed by atoms with E-state index in [0.717, 1.165) is 0 Å². The zero-order valence-corrected chi connectivity index (χ0v) is 4.43. The van der Waals surface area contributed by atoms with Crippen molar-refractivity contribution in [2.24, 2.45) is 0 Å². The maximum absolute atomic E-state index is 5.46. The largest absolute Gasteiger partial charge is 0.479 e. The van der Waals surface area contributed by atoms with Gasteiger partial charge in [-0.1, -0.05) is 17.7 Å². The van der Waals surface area contributed by atoms with Crippen molar-refractivity contribution in [2.45, 2.75) is 5.56 Å². The Morgan fingerprint density at radius 2 is 2.29 bits per heavy atom. The number of rotatable bonds is 0. The third-order valence-electron chi connectivity index (χ3n) is 0.661. The topological polar surface area (TPSA) is 9.23 Å². The number of halogens is 1. The predicted octanol–water partition coefficient (Wildman–Crippen LogP) is 1.65. The minimum Gasteiger partial charge on any atom is -0.479 e. The molecule has 0 aliphatic carbocycles. The molecule has 1 aliphatic rings. The molecule has 1 nitrogen and oxygen atoms in total. The summed E-state index contributed by atoms with van der Waals surface area (Å²) in [6.45, 7) is 0. The zero-order chi connectivity index (χ0) is 5.11. The van der Waals surface area contributed by atoms with Crippen LogP contribution in [0.2, 0.25) is 0 Å². The molecule has 0 bridgehead atoms. The van der Waals surface area contributed by atoms with Crippen LogP contribution in [0, 0.1) is 0 Å². The molecule has 0 fully saturated rings. The summed E-state index contributed by atoms with van der Waals surface area (Å²) in [5.41, 5.74) is -0.259. The van der Waals surface area contributed by atoms with Crippen molar-refractivity contribution in [2.75, 3.05) is 0 Å². The fraction of sp³-hybridized carbons (Fsp3) is 0.200. The molecule has 1 heterocycles. The number of allylic oxidation sites excluding steroid dienone is 2. The Kier molecular flexibility index (Phi) is 1.37. The molecule has 0 aromatic heterocycles. The van der Waals surface area contributed by atoms with Crippen molar-refractivity contribution in [3.63, 3.8) is 0 Å². The fourth-order valence-electron chi connectivity index (χ4n) is 0.363. The average molecular weight is 117 g/mol. The first-order chi connectivity index (χ1) is 3.39. The molecule has 0 aromatic carbocycles. The van der Waals surface area contributed by atoms with E-state index in [-0.39, 0.29) is 5.56 Å². The van der Waals surface area contributed by atoms with Gasteiger partial charge in [-0.15, -0.1) is 0 Å². The maximum atomic E-state index is 5.46. The highest BCUT2D eigenvalue weighted by Gasteiger charge is 1.95. The highest BCUT2D eigenvalue weighted by molar-refractivity contribution is 6.20. The van der Waals surface area contributed by atoms with Gasteiger partial charge in [-0.2, -0.15) is 0 Å². The second kappa shape index (κ2) is 2.03. The third-order valence-corrected chi connectivity index (χ3v) is 0.909. The summed E-state index contributed by atoms with van der Waals surface area (Å²) in [5.74, 6) is 0. The predicted molar refractivity (Wildman–Crippen MR) is 29.0 cm³/mol. The Morgan fingerprint density at radius 3 is 2.57 bits per heavy atom. The number of hydrogen-bond donors (Lipinski definition) is 0. The molecule has 0 radical (unpaired) electrons. The van der Waals surface area contributed by atoms with Gasteiger partial charge >= 0.3 is 0 Å². The molecule has 7 heavy (non-hydrogen) atoms. The molecule has 0 spiro atoms. The summed E-state index contributed by atoms with van der Waals surface area (Å²) in [7, 11) is 0. The quantitative estimate of drug-likeness (QED) is 0.438. The lowest BCUT2D eigenvalue weighted by molar-refractivity contribution is 0.251. The molecule has 0 amide bonds. The summed E-state index contributed by atoms with van der Waals surface area (Å²) in [4.78, 5) is 0. The Hall–Kier alpha value is -0.430. The van der Waals surface area contributed by atoms with Gasteiger partial charge in [0.25, 0.3) is 0 Å². The second-order valence-electron chi connectivity index (χ2n) is 1.20. The van der Waals surface area contributed by atoms with Gasteiger partial charge in [0.05, 0.1) is 6.26 Å². The van der Waals surface area contributed by atoms with Crippen LogP contribution in [-0.4, -0.2) is 5.56 Å². The van der Waals surface area contributed by atoms with Crippen LogP contribution >= 0.6 is 11.6 Å². The lowest BCUT2D eigenvalue weighted by Crippen LogP contribution is -1.96. The van der Waals surface area contributed by atoms with Crippen LogP contribution in [0.4, 0.5) is 0 Å². The molecular weight excluding hydrogens is 112 g/mol. The van der Waals surface area contributed by atoms with E-state index in [1.54, 1.807) is 18.4 Å². The standard InChI is InChI=1S/C5H5ClO/c6-5-3-1-2-4-7-5/h1-5H/t5-/m1/s1. The highest BCUT2D eigenvalue weighted by atomic mass is 35.5. The van der Waals surface area contributed by atoms with E-state index in [1.807, 2.05) is 6.08 Å². The first-order valence-electron chi connectivity index (χ1n) is 2.02. The van der Waals surface area contributed by atoms with Crippen LogP contribution in [0.3, 0.4) is 0 Å². The van der Waals surface area contributed by atoms with Crippen molar-refractivity contribution in [3.05, 3.63) is 24.5 Å². The Bertz CT molecular complexity index is 107. The summed E-state index contributed by atoms with van der Waals surface area (Å²) >= 11 is 5.46. The van der Waals surface area contributed by atoms with Crippen molar-refractivity contribution < 1.29 is 4.74 Å². The Morgan fingerprint density at radius 1 is 1.43 bits per heavy atom. The number of hydrogen-bond acceptors (Lipinski definition) is 1. The van der Waals surface area contributed by atoms with Gasteiger partial charge in [0.15, 0.2) is 5.56 Å². The molecule has 0 saturated carbocycles. The van der Waals surface area contributed by atoms with Crippen molar-refractivity contribution in [1.29, 1.82) is 0 Å². The zero-order valence-electron chi connectivity index (χ0n) is 3.67. The van der Waals surface area contributed by atoms with Gasteiger partial charge in [0, 0.05) is 0 Å². The molecule has 1 rings (SSSR count). The molecule has 0 N–H and O–H groups in total. The van der Waals surface area contributed by atoms with Gasteiger partial charge in [-0.3, -0.25) is 0 Å². The Balaban J connectivity index is 2.49. The first-order valence-corrected chi connectivity index (χ1v) is 2.46. The molecular formula is C5H5ClO. The maximum Gasteiger partial charge on any atom is 0.190 e. The lowest BCUT2D eigenvalue weighted by Gasteiger charge is -2.04. The van der Waals surface area contributed by atoms with E-state index in [0.29, 0.717) is 0 Å². The fourth-order valence-corrected chi connectivity index (χ4v) is 0.506. The number of alkyl halides is 1. The van der Waals surface area contributed by atoms with Gasteiger partial charge < -0.3 is 4.74 Å². The number of ether oxygens (including phenoxy) is 1. The SMILES string of the molecule is Cl[C@H]1C=CC=CO1. The molecule has 0 aromatic rings. The normalized spacial score (nSPS) is 27.3. The molecule has 0 unspecified atom stereocenters. The summed E-state index contributed by atoms with van der Waals surface area (Å²) in [6, 6.07) is 0. The van der Waals surface area contributed by atoms with Crippen LogP contribution in [0.25, 0.3) is 0 Å². The van der Waals surface area contributed by atoms with Crippen molar-refractivity contribution in [1.82, 2.24) is 0 Å². The summed E-state index contributed by atoms with van der Waals surface area (Å²) in [5, 5.41) is 0. The smallest absolute Gasteiger partial charge is 0.190 e. The first kappa shape index (κ1) is 4.72. The molecule has 38 valence electrons. The van der Waals surface area contributed by atoms with Crippen LogP contribution in [0.15, 0.2) is 24.5 Å². The Labute approximate surface area is 47.2 Å². The molecule has 0 saturated heterocycles. The molecule has 1 atom stereocenters. The van der Waals surface area contributed by atoms with E-state index in [1.165, 1.54) is 0 Å². The average Bonchev–Trinajstić information content (AvgIpc) is 1.69.